The van der Waals surface area contributed by atoms with E-state index in [-0.39, 0.29) is 0 Å². The number of nitrogens with two attached hydrogens (primary N) is 1. The van der Waals surface area contributed by atoms with Gasteiger partial charge in [-0.05, 0) is 30.5 Å². The van der Waals surface area contributed by atoms with Gasteiger partial charge in [0.15, 0.2) is 0 Å². The van der Waals surface area contributed by atoms with E-state index in [0.717, 1.165) is 23.3 Å². The van der Waals surface area contributed by atoms with Crippen LogP contribution in [0.4, 0.5) is 0 Å². The molecule has 0 saturated heterocycles. The number of para-hydroxylation sites is 1. The van der Waals surface area contributed by atoms with E-state index in [4.69, 9.17) is 10.5 Å². The Bertz CT molecular complexity index is 506. The highest BCUT2D eigenvalue weighted by Gasteiger charge is 2.22. The van der Waals surface area contributed by atoms with Crippen LogP contribution in [0.2, 0.25) is 0 Å². The van der Waals surface area contributed by atoms with Gasteiger partial charge in [-0.2, -0.15) is 0 Å². The van der Waals surface area contributed by atoms with Crippen molar-refractivity contribution >= 4 is 0 Å². The van der Waals surface area contributed by atoms with Gasteiger partial charge in [0.05, 0.1) is 7.11 Å². The number of benzene rings is 2. The van der Waals surface area contributed by atoms with Gasteiger partial charge in [0, 0.05) is 5.54 Å². The van der Waals surface area contributed by atoms with Gasteiger partial charge in [0.25, 0.3) is 0 Å². The molecule has 2 N–H and O–H groups in total. The molecule has 2 heteroatoms. The van der Waals surface area contributed by atoms with Crippen LogP contribution in [0.3, 0.4) is 0 Å². The van der Waals surface area contributed by atoms with E-state index in [1.165, 1.54) is 0 Å². The van der Waals surface area contributed by atoms with Crippen LogP contribution >= 0.6 is 0 Å². The number of ether oxygens (including phenoxy) is 1. The van der Waals surface area contributed by atoms with Crippen LogP contribution in [-0.4, -0.2) is 7.11 Å². The topological polar surface area (TPSA) is 35.2 Å². The van der Waals surface area contributed by atoms with E-state index < -0.39 is 5.54 Å². The highest BCUT2D eigenvalue weighted by atomic mass is 16.5. The van der Waals surface area contributed by atoms with Crippen LogP contribution in [0.25, 0.3) is 0 Å². The molecule has 0 bridgehead atoms. The summed E-state index contributed by atoms with van der Waals surface area (Å²) in [6, 6.07) is 18.2. The summed E-state index contributed by atoms with van der Waals surface area (Å²) in [5, 5.41) is 0. The highest BCUT2D eigenvalue weighted by molar-refractivity contribution is 5.36. The minimum Gasteiger partial charge on any atom is -0.496 e. The van der Waals surface area contributed by atoms with Crippen molar-refractivity contribution in [2.45, 2.75) is 18.9 Å². The zero-order chi connectivity index (χ0) is 13.0. The van der Waals surface area contributed by atoms with E-state index in [1.807, 2.05) is 36.4 Å². The third kappa shape index (κ3) is 2.71. The lowest BCUT2D eigenvalue weighted by Gasteiger charge is -2.26. The molecule has 2 aromatic carbocycles. The smallest absolute Gasteiger partial charge is 0.122 e. The molecule has 94 valence electrons. The molecule has 2 nitrogen and oxygen atoms in total. The second kappa shape index (κ2) is 5.23. The Morgan fingerprint density at radius 3 is 2.28 bits per heavy atom. The van der Waals surface area contributed by atoms with Gasteiger partial charge in [0.2, 0.25) is 0 Å². The minimum absolute atomic E-state index is 0.393. The van der Waals surface area contributed by atoms with E-state index in [0.29, 0.717) is 0 Å². The predicted molar refractivity (Wildman–Crippen MR) is 74.7 cm³/mol. The summed E-state index contributed by atoms with van der Waals surface area (Å²) >= 11 is 0. The first-order valence-electron chi connectivity index (χ1n) is 6.10. The van der Waals surface area contributed by atoms with Crippen molar-refractivity contribution in [1.29, 1.82) is 0 Å². The Kier molecular flexibility index (Phi) is 3.68. The maximum atomic E-state index is 6.44. The van der Waals surface area contributed by atoms with Gasteiger partial charge in [-0.3, -0.25) is 0 Å². The molecule has 1 atom stereocenters. The molecular formula is C16H19NO. The van der Waals surface area contributed by atoms with Crippen LogP contribution in [0.1, 0.15) is 18.1 Å². The second-order valence-electron chi connectivity index (χ2n) is 4.77. The first kappa shape index (κ1) is 12.7. The molecule has 18 heavy (non-hydrogen) atoms. The predicted octanol–water partition coefficient (Wildman–Crippen LogP) is 3.11. The molecular weight excluding hydrogens is 222 g/mol. The zero-order valence-electron chi connectivity index (χ0n) is 10.9. The molecule has 0 fully saturated rings. The average Bonchev–Trinajstić information content (AvgIpc) is 2.40. The lowest BCUT2D eigenvalue weighted by molar-refractivity contribution is 0.400. The maximum Gasteiger partial charge on any atom is 0.122 e. The first-order chi connectivity index (χ1) is 8.63. The van der Waals surface area contributed by atoms with Crippen molar-refractivity contribution in [2.24, 2.45) is 5.73 Å². The van der Waals surface area contributed by atoms with Crippen molar-refractivity contribution < 1.29 is 4.74 Å². The molecule has 0 aliphatic carbocycles. The normalized spacial score (nSPS) is 13.9. The summed E-state index contributed by atoms with van der Waals surface area (Å²) in [5.74, 6) is 0.894. The van der Waals surface area contributed by atoms with Gasteiger partial charge in [0.1, 0.15) is 5.75 Å². The summed E-state index contributed by atoms with van der Waals surface area (Å²) in [6.45, 7) is 2.05. The number of hydrogen-bond acceptors (Lipinski definition) is 2. The molecule has 0 saturated carbocycles. The molecule has 0 heterocycles. The summed E-state index contributed by atoms with van der Waals surface area (Å²) in [7, 11) is 1.69. The van der Waals surface area contributed by atoms with Crippen LogP contribution < -0.4 is 10.5 Å². The van der Waals surface area contributed by atoms with Crippen molar-refractivity contribution in [3.8, 4) is 5.75 Å². The van der Waals surface area contributed by atoms with Crippen molar-refractivity contribution in [1.82, 2.24) is 0 Å². The number of hydrogen-bond donors (Lipinski definition) is 1. The third-order valence-electron chi connectivity index (χ3n) is 3.18. The monoisotopic (exact) mass is 241 g/mol. The molecule has 0 aliphatic rings. The standard InChI is InChI=1S/C16H19NO/c1-16(17,14-9-4-3-5-10-14)12-13-8-6-7-11-15(13)18-2/h3-11H,12,17H2,1-2H3. The SMILES string of the molecule is COc1ccccc1CC(C)(N)c1ccccc1. The summed E-state index contributed by atoms with van der Waals surface area (Å²) < 4.78 is 5.37. The van der Waals surface area contributed by atoms with Gasteiger partial charge in [-0.15, -0.1) is 0 Å². The molecule has 0 aliphatic heterocycles. The van der Waals surface area contributed by atoms with E-state index in [1.54, 1.807) is 7.11 Å². The summed E-state index contributed by atoms with van der Waals surface area (Å²) in [4.78, 5) is 0. The number of rotatable bonds is 4. The molecule has 0 aromatic heterocycles. The fourth-order valence-corrected chi connectivity index (χ4v) is 2.17. The molecule has 0 amide bonds. The Balaban J connectivity index is 2.28. The molecule has 1 unspecified atom stereocenters. The van der Waals surface area contributed by atoms with Crippen molar-refractivity contribution in [3.05, 3.63) is 65.7 Å². The van der Waals surface area contributed by atoms with Crippen LogP contribution in [-0.2, 0) is 12.0 Å². The van der Waals surface area contributed by atoms with Gasteiger partial charge >= 0.3 is 0 Å². The zero-order valence-corrected chi connectivity index (χ0v) is 10.9. The van der Waals surface area contributed by atoms with Crippen LogP contribution in [0, 0.1) is 0 Å². The van der Waals surface area contributed by atoms with E-state index in [9.17, 15) is 0 Å². The van der Waals surface area contributed by atoms with Gasteiger partial charge in [-0.1, -0.05) is 48.5 Å². The third-order valence-corrected chi connectivity index (χ3v) is 3.18. The molecule has 0 spiro atoms. The second-order valence-corrected chi connectivity index (χ2v) is 4.77. The van der Waals surface area contributed by atoms with Crippen molar-refractivity contribution in [2.75, 3.05) is 7.11 Å². The summed E-state index contributed by atoms with van der Waals surface area (Å²) in [5.41, 5.74) is 8.31. The first-order valence-corrected chi connectivity index (χ1v) is 6.10. The lowest BCUT2D eigenvalue weighted by Crippen LogP contribution is -2.35. The van der Waals surface area contributed by atoms with E-state index >= 15 is 0 Å². The maximum absolute atomic E-state index is 6.44. The fraction of sp³-hybridized carbons (Fsp3) is 0.250. The van der Waals surface area contributed by atoms with Gasteiger partial charge < -0.3 is 10.5 Å². The van der Waals surface area contributed by atoms with E-state index in [2.05, 4.69) is 25.1 Å². The fourth-order valence-electron chi connectivity index (χ4n) is 2.17. The Labute approximate surface area is 108 Å². The molecule has 0 radical (unpaired) electrons. The minimum atomic E-state index is -0.393. The molecule has 2 aromatic rings. The van der Waals surface area contributed by atoms with Gasteiger partial charge in [-0.25, -0.2) is 0 Å². The quantitative estimate of drug-likeness (QED) is 0.892. The lowest BCUT2D eigenvalue weighted by atomic mass is 9.86. The van der Waals surface area contributed by atoms with Crippen molar-refractivity contribution in [3.63, 3.8) is 0 Å². The Morgan fingerprint density at radius 1 is 1.00 bits per heavy atom. The Hall–Kier alpha value is -1.80. The average molecular weight is 241 g/mol. The Morgan fingerprint density at radius 2 is 1.61 bits per heavy atom. The number of methoxy groups -OCH3 is 1. The largest absolute Gasteiger partial charge is 0.496 e. The van der Waals surface area contributed by atoms with Crippen LogP contribution in [0.5, 0.6) is 5.75 Å². The van der Waals surface area contributed by atoms with Crippen LogP contribution in [0.15, 0.2) is 54.6 Å². The highest BCUT2D eigenvalue weighted by Crippen LogP contribution is 2.27. The molecule has 2 rings (SSSR count). The summed E-state index contributed by atoms with van der Waals surface area (Å²) in [6.07, 6.45) is 0.751.